The average molecular weight is 337 g/mol. The average Bonchev–Trinajstić information content (AvgIpc) is 2.47. The lowest BCUT2D eigenvalue weighted by Gasteiger charge is -2.10. The first-order chi connectivity index (χ1) is 10.8. The Balaban J connectivity index is 2.07. The van der Waals surface area contributed by atoms with Crippen molar-refractivity contribution >= 4 is 21.4 Å². The van der Waals surface area contributed by atoms with Crippen LogP contribution in [0.5, 0.6) is 5.75 Å². The van der Waals surface area contributed by atoms with Crippen LogP contribution >= 0.6 is 0 Å². The number of rotatable bonds is 5. The van der Waals surface area contributed by atoms with Crippen molar-refractivity contribution < 1.29 is 22.3 Å². The maximum absolute atomic E-state index is 13.7. The van der Waals surface area contributed by atoms with E-state index in [1.165, 1.54) is 0 Å². The molecular weight excluding hydrogens is 321 g/mol. The molecule has 5 nitrogen and oxygen atoms in total. The predicted octanol–water partition coefficient (Wildman–Crippen LogP) is 2.56. The number of nitrogens with one attached hydrogen (secondary N) is 1. The quantitative estimate of drug-likeness (QED) is 0.851. The third-order valence-electron chi connectivity index (χ3n) is 3.09. The molecule has 0 atom stereocenters. The zero-order valence-electron chi connectivity index (χ0n) is 12.7. The van der Waals surface area contributed by atoms with Crippen molar-refractivity contribution in [2.24, 2.45) is 0 Å². The lowest BCUT2D eigenvalue weighted by Crippen LogP contribution is -2.21. The molecule has 0 fully saturated rings. The topological polar surface area (TPSA) is 72.5 Å². The molecule has 2 rings (SSSR count). The molecule has 23 heavy (non-hydrogen) atoms. The van der Waals surface area contributed by atoms with Crippen LogP contribution in [-0.4, -0.2) is 27.2 Å². The van der Waals surface area contributed by atoms with E-state index < -0.39 is 21.6 Å². The Kier molecular flexibility index (Phi) is 5.00. The van der Waals surface area contributed by atoms with Gasteiger partial charge in [0.15, 0.2) is 16.4 Å². The number of halogens is 1. The van der Waals surface area contributed by atoms with Crippen LogP contribution in [0, 0.1) is 12.7 Å². The van der Waals surface area contributed by atoms with Gasteiger partial charge < -0.3 is 10.1 Å². The van der Waals surface area contributed by atoms with E-state index in [4.69, 9.17) is 4.74 Å². The van der Waals surface area contributed by atoms with Gasteiger partial charge in [0.05, 0.1) is 10.6 Å². The largest absolute Gasteiger partial charge is 0.483 e. The Morgan fingerprint density at radius 2 is 1.91 bits per heavy atom. The lowest BCUT2D eigenvalue weighted by molar-refractivity contribution is -0.118. The summed E-state index contributed by atoms with van der Waals surface area (Å²) in [4.78, 5) is 11.8. The van der Waals surface area contributed by atoms with Gasteiger partial charge in [-0.2, -0.15) is 0 Å². The van der Waals surface area contributed by atoms with Gasteiger partial charge in [-0.25, -0.2) is 12.8 Å². The summed E-state index contributed by atoms with van der Waals surface area (Å²) in [6, 6.07) is 10.4. The highest BCUT2D eigenvalue weighted by Crippen LogP contribution is 2.20. The number of para-hydroxylation sites is 1. The third kappa shape index (κ3) is 4.53. The monoisotopic (exact) mass is 337 g/mol. The second kappa shape index (κ2) is 6.78. The number of benzene rings is 2. The first-order valence-corrected chi connectivity index (χ1v) is 8.64. The molecule has 2 aromatic rings. The molecule has 0 aromatic heterocycles. The van der Waals surface area contributed by atoms with E-state index in [-0.39, 0.29) is 17.2 Å². The molecule has 1 amide bonds. The lowest BCUT2D eigenvalue weighted by atomic mass is 10.2. The Morgan fingerprint density at radius 1 is 1.22 bits per heavy atom. The second-order valence-electron chi connectivity index (χ2n) is 5.02. The van der Waals surface area contributed by atoms with Gasteiger partial charge in [0, 0.05) is 6.26 Å². The predicted molar refractivity (Wildman–Crippen MR) is 84.8 cm³/mol. The summed E-state index contributed by atoms with van der Waals surface area (Å²) in [5.41, 5.74) is 0.664. The van der Waals surface area contributed by atoms with Gasteiger partial charge in [0.1, 0.15) is 11.6 Å². The summed E-state index contributed by atoms with van der Waals surface area (Å²) in [7, 11) is -3.49. The minimum Gasteiger partial charge on any atom is -0.483 e. The molecule has 0 radical (unpaired) electrons. The number of anilines is 1. The van der Waals surface area contributed by atoms with Crippen LogP contribution in [-0.2, 0) is 14.6 Å². The fraction of sp³-hybridized carbons (Fsp3) is 0.188. The van der Waals surface area contributed by atoms with Gasteiger partial charge in [0.25, 0.3) is 5.91 Å². The Bertz CT molecular complexity index is 834. The number of hydrogen-bond acceptors (Lipinski definition) is 4. The molecule has 122 valence electrons. The van der Waals surface area contributed by atoms with Crippen LogP contribution in [0.3, 0.4) is 0 Å². The molecule has 0 heterocycles. The molecule has 0 saturated heterocycles. The molecule has 1 N–H and O–H groups in total. The molecule has 0 bridgehead atoms. The smallest absolute Gasteiger partial charge is 0.262 e. The SMILES string of the molecule is Cc1ccccc1OCC(=O)Nc1cc(S(C)(=O)=O)ccc1F. The third-order valence-corrected chi connectivity index (χ3v) is 4.20. The maximum Gasteiger partial charge on any atom is 0.262 e. The first kappa shape index (κ1) is 17.0. The Labute approximate surface area is 134 Å². The maximum atomic E-state index is 13.7. The Morgan fingerprint density at radius 3 is 2.57 bits per heavy atom. The Hall–Kier alpha value is -2.41. The van der Waals surface area contributed by atoms with Crippen molar-refractivity contribution in [3.05, 3.63) is 53.8 Å². The molecular formula is C16H16FNO4S. The highest BCUT2D eigenvalue weighted by Gasteiger charge is 2.13. The molecule has 0 unspecified atom stereocenters. The minimum atomic E-state index is -3.49. The van der Waals surface area contributed by atoms with Crippen LogP contribution in [0.25, 0.3) is 0 Å². The molecule has 0 aliphatic heterocycles. The zero-order valence-corrected chi connectivity index (χ0v) is 13.5. The van der Waals surface area contributed by atoms with Crippen LogP contribution < -0.4 is 10.1 Å². The summed E-state index contributed by atoms with van der Waals surface area (Å²) in [5, 5.41) is 2.31. The van der Waals surface area contributed by atoms with E-state index in [1.807, 2.05) is 19.1 Å². The van der Waals surface area contributed by atoms with E-state index in [0.717, 1.165) is 30.0 Å². The van der Waals surface area contributed by atoms with Gasteiger partial charge in [-0.05, 0) is 36.8 Å². The van der Waals surface area contributed by atoms with Crippen LogP contribution in [0.1, 0.15) is 5.56 Å². The van der Waals surface area contributed by atoms with Gasteiger partial charge >= 0.3 is 0 Å². The van der Waals surface area contributed by atoms with Crippen molar-refractivity contribution in [3.8, 4) is 5.75 Å². The van der Waals surface area contributed by atoms with Gasteiger partial charge in [0.2, 0.25) is 0 Å². The number of carbonyl (C=O) groups is 1. The van der Waals surface area contributed by atoms with Crippen molar-refractivity contribution in [1.29, 1.82) is 0 Å². The van der Waals surface area contributed by atoms with Crippen LogP contribution in [0.4, 0.5) is 10.1 Å². The summed E-state index contributed by atoms with van der Waals surface area (Å²) in [5.74, 6) is -0.757. The summed E-state index contributed by atoms with van der Waals surface area (Å²) in [6.07, 6.45) is 1.01. The van der Waals surface area contributed by atoms with Crippen molar-refractivity contribution in [1.82, 2.24) is 0 Å². The molecule has 0 aliphatic carbocycles. The van der Waals surface area contributed by atoms with Gasteiger partial charge in [-0.15, -0.1) is 0 Å². The summed E-state index contributed by atoms with van der Waals surface area (Å²) < 4.78 is 42.0. The molecule has 0 aliphatic rings. The number of sulfone groups is 1. The van der Waals surface area contributed by atoms with E-state index in [9.17, 15) is 17.6 Å². The fourth-order valence-electron chi connectivity index (χ4n) is 1.88. The highest BCUT2D eigenvalue weighted by molar-refractivity contribution is 7.90. The number of ether oxygens (including phenoxy) is 1. The van der Waals surface area contributed by atoms with Crippen molar-refractivity contribution in [3.63, 3.8) is 0 Å². The number of carbonyl (C=O) groups excluding carboxylic acids is 1. The van der Waals surface area contributed by atoms with E-state index in [0.29, 0.717) is 5.75 Å². The zero-order chi connectivity index (χ0) is 17.0. The molecule has 7 heteroatoms. The summed E-state index contributed by atoms with van der Waals surface area (Å²) >= 11 is 0. The highest BCUT2D eigenvalue weighted by atomic mass is 32.2. The van der Waals surface area contributed by atoms with Crippen molar-refractivity contribution in [2.75, 3.05) is 18.2 Å². The van der Waals surface area contributed by atoms with Crippen LogP contribution in [0.2, 0.25) is 0 Å². The van der Waals surface area contributed by atoms with E-state index >= 15 is 0 Å². The fourth-order valence-corrected chi connectivity index (χ4v) is 2.53. The minimum absolute atomic E-state index is 0.0750. The van der Waals surface area contributed by atoms with Crippen molar-refractivity contribution in [2.45, 2.75) is 11.8 Å². The standard InChI is InChI=1S/C16H16FNO4S/c1-11-5-3-4-6-15(11)22-10-16(19)18-14-9-12(23(2,20)21)7-8-13(14)17/h3-9H,10H2,1-2H3,(H,18,19). The number of aryl methyl sites for hydroxylation is 1. The van der Waals surface area contributed by atoms with E-state index in [1.54, 1.807) is 12.1 Å². The normalized spacial score (nSPS) is 11.1. The second-order valence-corrected chi connectivity index (χ2v) is 7.03. The first-order valence-electron chi connectivity index (χ1n) is 6.75. The number of hydrogen-bond donors (Lipinski definition) is 1. The molecule has 0 saturated carbocycles. The summed E-state index contributed by atoms with van der Waals surface area (Å²) in [6.45, 7) is 1.52. The van der Waals surface area contributed by atoms with Gasteiger partial charge in [-0.1, -0.05) is 18.2 Å². The molecule has 0 spiro atoms. The van der Waals surface area contributed by atoms with Crippen LogP contribution in [0.15, 0.2) is 47.4 Å². The molecule has 2 aromatic carbocycles. The number of amides is 1. The van der Waals surface area contributed by atoms with E-state index in [2.05, 4.69) is 5.32 Å². The van der Waals surface area contributed by atoms with Gasteiger partial charge in [-0.3, -0.25) is 4.79 Å².